The second kappa shape index (κ2) is 5.32. The third kappa shape index (κ3) is 3.64. The lowest BCUT2D eigenvalue weighted by Crippen LogP contribution is -2.43. The molecule has 4 nitrogen and oxygen atoms in total. The Labute approximate surface area is 85.2 Å². The molecule has 0 bridgehead atoms. The van der Waals surface area contributed by atoms with E-state index in [-0.39, 0.29) is 5.91 Å². The van der Waals surface area contributed by atoms with Crippen molar-refractivity contribution in [2.24, 2.45) is 5.73 Å². The summed E-state index contributed by atoms with van der Waals surface area (Å²) in [5, 5.41) is 2.82. The Bertz CT molecular complexity index is 191. The van der Waals surface area contributed by atoms with Crippen LogP contribution in [0.4, 0.5) is 0 Å². The van der Waals surface area contributed by atoms with Gasteiger partial charge in [-0.15, -0.1) is 0 Å². The number of hydrogen-bond acceptors (Lipinski definition) is 3. The van der Waals surface area contributed by atoms with Crippen molar-refractivity contribution < 1.29 is 9.53 Å². The number of carbonyl (C=O) groups excluding carboxylic acids is 1. The zero-order valence-corrected chi connectivity index (χ0v) is 8.84. The van der Waals surface area contributed by atoms with E-state index in [0.717, 1.165) is 32.3 Å². The number of nitrogens with two attached hydrogens (primary N) is 1. The Balaban J connectivity index is 1.91. The van der Waals surface area contributed by atoms with Crippen LogP contribution >= 0.6 is 0 Å². The highest BCUT2D eigenvalue weighted by atomic mass is 16.5. The maximum Gasteiger partial charge on any atom is 0.240 e. The fraction of sp³-hybridized carbons (Fsp3) is 0.900. The largest absolute Gasteiger partial charge is 0.381 e. The molecule has 1 aliphatic carbocycles. The summed E-state index contributed by atoms with van der Waals surface area (Å²) in [5.74, 6) is -0.00649. The minimum absolute atomic E-state index is 0.00649. The van der Waals surface area contributed by atoms with Crippen LogP contribution in [0.25, 0.3) is 0 Å². The van der Waals surface area contributed by atoms with Crippen LogP contribution in [0.3, 0.4) is 0 Å². The lowest BCUT2D eigenvalue weighted by Gasteiger charge is -2.09. The Hall–Kier alpha value is -0.610. The summed E-state index contributed by atoms with van der Waals surface area (Å²) in [7, 11) is 0. The smallest absolute Gasteiger partial charge is 0.240 e. The molecule has 14 heavy (non-hydrogen) atoms. The molecule has 0 aliphatic heterocycles. The van der Waals surface area contributed by atoms with Gasteiger partial charge in [0.05, 0.1) is 5.54 Å². The van der Waals surface area contributed by atoms with Gasteiger partial charge in [0.15, 0.2) is 0 Å². The number of amides is 1. The highest BCUT2D eigenvalue weighted by Gasteiger charge is 2.45. The number of nitrogens with one attached hydrogen (secondary N) is 1. The maximum atomic E-state index is 11.3. The molecule has 4 heteroatoms. The minimum Gasteiger partial charge on any atom is -0.381 e. The van der Waals surface area contributed by atoms with Crippen molar-refractivity contribution in [1.82, 2.24) is 5.32 Å². The first-order valence-corrected chi connectivity index (χ1v) is 5.34. The SMILES string of the molecule is CCCOCCCNC(=O)C1(N)CC1. The van der Waals surface area contributed by atoms with Crippen molar-refractivity contribution >= 4 is 5.91 Å². The zero-order valence-electron chi connectivity index (χ0n) is 8.84. The predicted octanol–water partition coefficient (Wildman–Crippen LogP) is 0.411. The van der Waals surface area contributed by atoms with Gasteiger partial charge in [-0.05, 0) is 25.7 Å². The van der Waals surface area contributed by atoms with E-state index in [1.165, 1.54) is 0 Å². The third-order valence-corrected chi connectivity index (χ3v) is 2.34. The van der Waals surface area contributed by atoms with E-state index < -0.39 is 5.54 Å². The zero-order chi connectivity index (χ0) is 10.4. The molecule has 0 atom stereocenters. The first-order chi connectivity index (χ1) is 6.69. The molecule has 0 aromatic rings. The first kappa shape index (κ1) is 11.5. The van der Waals surface area contributed by atoms with Gasteiger partial charge >= 0.3 is 0 Å². The standard InChI is InChI=1S/C10H20N2O2/c1-2-7-14-8-3-6-12-9(13)10(11)4-5-10/h2-8,11H2,1H3,(H,12,13). The van der Waals surface area contributed by atoms with E-state index in [1.54, 1.807) is 0 Å². The quantitative estimate of drug-likeness (QED) is 0.585. The molecule has 0 aromatic heterocycles. The highest BCUT2D eigenvalue weighted by molar-refractivity contribution is 5.88. The topological polar surface area (TPSA) is 64.3 Å². The fourth-order valence-corrected chi connectivity index (χ4v) is 1.16. The Kier molecular flexibility index (Phi) is 4.35. The summed E-state index contributed by atoms with van der Waals surface area (Å²) in [4.78, 5) is 11.3. The summed E-state index contributed by atoms with van der Waals surface area (Å²) in [6.07, 6.45) is 3.55. The van der Waals surface area contributed by atoms with Gasteiger partial charge in [0.25, 0.3) is 0 Å². The Morgan fingerprint density at radius 2 is 2.21 bits per heavy atom. The third-order valence-electron chi connectivity index (χ3n) is 2.34. The molecule has 0 spiro atoms. The number of rotatable bonds is 7. The summed E-state index contributed by atoms with van der Waals surface area (Å²) in [5.41, 5.74) is 5.17. The molecule has 1 rings (SSSR count). The highest BCUT2D eigenvalue weighted by Crippen LogP contribution is 2.31. The predicted molar refractivity (Wildman–Crippen MR) is 54.9 cm³/mol. The normalized spacial score (nSPS) is 17.9. The van der Waals surface area contributed by atoms with Crippen LogP contribution in [0.2, 0.25) is 0 Å². The summed E-state index contributed by atoms with van der Waals surface area (Å²) in [6, 6.07) is 0. The van der Waals surface area contributed by atoms with Crippen molar-refractivity contribution in [1.29, 1.82) is 0 Å². The molecule has 1 fully saturated rings. The van der Waals surface area contributed by atoms with E-state index in [4.69, 9.17) is 10.5 Å². The van der Waals surface area contributed by atoms with Crippen LogP contribution in [-0.4, -0.2) is 31.2 Å². The van der Waals surface area contributed by atoms with Crippen LogP contribution in [0.1, 0.15) is 32.6 Å². The van der Waals surface area contributed by atoms with Crippen LogP contribution in [0.15, 0.2) is 0 Å². The van der Waals surface area contributed by atoms with Gasteiger partial charge < -0.3 is 15.8 Å². The van der Waals surface area contributed by atoms with Crippen molar-refractivity contribution in [3.05, 3.63) is 0 Å². The van der Waals surface area contributed by atoms with Crippen LogP contribution in [0.5, 0.6) is 0 Å². The van der Waals surface area contributed by atoms with Gasteiger partial charge in [-0.1, -0.05) is 6.92 Å². The van der Waals surface area contributed by atoms with Gasteiger partial charge in [0.1, 0.15) is 0 Å². The number of carbonyl (C=O) groups is 1. The first-order valence-electron chi connectivity index (χ1n) is 5.34. The molecule has 0 saturated heterocycles. The summed E-state index contributed by atoms with van der Waals surface area (Å²) < 4.78 is 5.28. The van der Waals surface area contributed by atoms with E-state index in [9.17, 15) is 4.79 Å². The van der Waals surface area contributed by atoms with Crippen molar-refractivity contribution in [3.8, 4) is 0 Å². The van der Waals surface area contributed by atoms with Crippen molar-refractivity contribution in [2.75, 3.05) is 19.8 Å². The van der Waals surface area contributed by atoms with Crippen molar-refractivity contribution in [3.63, 3.8) is 0 Å². The molecule has 1 amide bonds. The minimum atomic E-state index is -0.537. The molecule has 0 unspecified atom stereocenters. The Morgan fingerprint density at radius 1 is 1.50 bits per heavy atom. The molecular weight excluding hydrogens is 180 g/mol. The van der Waals surface area contributed by atoms with Gasteiger partial charge in [-0.2, -0.15) is 0 Å². The lowest BCUT2D eigenvalue weighted by molar-refractivity contribution is -0.123. The van der Waals surface area contributed by atoms with Gasteiger partial charge in [-0.3, -0.25) is 4.79 Å². The van der Waals surface area contributed by atoms with E-state index in [2.05, 4.69) is 12.2 Å². The average Bonchev–Trinajstić information content (AvgIpc) is 2.91. The number of ether oxygens (including phenoxy) is 1. The van der Waals surface area contributed by atoms with Crippen LogP contribution < -0.4 is 11.1 Å². The second-order valence-corrected chi connectivity index (χ2v) is 3.88. The van der Waals surface area contributed by atoms with Crippen LogP contribution in [0, 0.1) is 0 Å². The van der Waals surface area contributed by atoms with Gasteiger partial charge in [-0.25, -0.2) is 0 Å². The molecule has 1 saturated carbocycles. The lowest BCUT2D eigenvalue weighted by atomic mass is 10.2. The maximum absolute atomic E-state index is 11.3. The molecule has 0 radical (unpaired) electrons. The Morgan fingerprint density at radius 3 is 2.79 bits per heavy atom. The van der Waals surface area contributed by atoms with Crippen molar-refractivity contribution in [2.45, 2.75) is 38.1 Å². The second-order valence-electron chi connectivity index (χ2n) is 3.88. The summed E-state index contributed by atoms with van der Waals surface area (Å²) in [6.45, 7) is 4.26. The monoisotopic (exact) mass is 200 g/mol. The molecule has 1 aliphatic rings. The molecule has 0 aromatic carbocycles. The number of hydrogen-bond donors (Lipinski definition) is 2. The molecule has 82 valence electrons. The molecule has 0 heterocycles. The van der Waals surface area contributed by atoms with E-state index in [0.29, 0.717) is 13.2 Å². The van der Waals surface area contributed by atoms with E-state index in [1.807, 2.05) is 0 Å². The van der Waals surface area contributed by atoms with Gasteiger partial charge in [0, 0.05) is 19.8 Å². The van der Waals surface area contributed by atoms with Gasteiger partial charge in [0.2, 0.25) is 5.91 Å². The summed E-state index contributed by atoms with van der Waals surface area (Å²) >= 11 is 0. The van der Waals surface area contributed by atoms with Crippen LogP contribution in [-0.2, 0) is 9.53 Å². The van der Waals surface area contributed by atoms with E-state index >= 15 is 0 Å². The fourth-order valence-electron chi connectivity index (χ4n) is 1.16. The molecule has 3 N–H and O–H groups in total. The molecular formula is C10H20N2O2. The average molecular weight is 200 g/mol.